The summed E-state index contributed by atoms with van der Waals surface area (Å²) >= 11 is 0. The van der Waals surface area contributed by atoms with Crippen LogP contribution in [0.4, 0.5) is 0 Å². The average Bonchev–Trinajstić information content (AvgIpc) is 2.46. The van der Waals surface area contributed by atoms with Crippen LogP contribution in [0.25, 0.3) is 0 Å². The quantitative estimate of drug-likeness (QED) is 0.920. The zero-order valence-electron chi connectivity index (χ0n) is 11.1. The Labute approximate surface area is 120 Å². The minimum absolute atomic E-state index is 0. The molecule has 4 nitrogen and oxygen atoms in total. The van der Waals surface area contributed by atoms with Gasteiger partial charge in [0.25, 0.3) is 0 Å². The molecule has 0 bridgehead atoms. The number of ether oxygens (including phenoxy) is 1. The molecule has 1 heterocycles. The number of amides is 1. The molecule has 106 valence electrons. The van der Waals surface area contributed by atoms with E-state index < -0.39 is 0 Å². The average molecular weight is 285 g/mol. The molecule has 2 atom stereocenters. The van der Waals surface area contributed by atoms with Crippen LogP contribution in [0.3, 0.4) is 0 Å². The van der Waals surface area contributed by atoms with Crippen LogP contribution in [-0.2, 0) is 9.53 Å². The summed E-state index contributed by atoms with van der Waals surface area (Å²) in [5.41, 5.74) is 6.91. The molecule has 1 amide bonds. The standard InChI is InChI=1S/C14H20N2O2.ClH/c1-2-12(15)14(17)16-8-9-18-13(10-16)11-6-4-3-5-7-11;/h3-7,12-13H,2,8-10,15H2,1H3;1H/t12-,13?;/m0./s1. The van der Waals surface area contributed by atoms with Crippen LogP contribution in [0.5, 0.6) is 0 Å². The number of carbonyl (C=O) groups excluding carboxylic acids is 1. The summed E-state index contributed by atoms with van der Waals surface area (Å²) in [5.74, 6) is 0.0294. The van der Waals surface area contributed by atoms with E-state index in [4.69, 9.17) is 10.5 Å². The molecule has 0 saturated carbocycles. The third-order valence-corrected chi connectivity index (χ3v) is 3.31. The van der Waals surface area contributed by atoms with Crippen molar-refractivity contribution >= 4 is 18.3 Å². The molecule has 1 aliphatic heterocycles. The van der Waals surface area contributed by atoms with Gasteiger partial charge in [0, 0.05) is 6.54 Å². The van der Waals surface area contributed by atoms with Crippen molar-refractivity contribution in [3.8, 4) is 0 Å². The molecular formula is C14H21ClN2O2. The molecule has 0 aliphatic carbocycles. The van der Waals surface area contributed by atoms with E-state index in [0.717, 1.165) is 5.56 Å². The number of halogens is 1. The third-order valence-electron chi connectivity index (χ3n) is 3.31. The minimum Gasteiger partial charge on any atom is -0.370 e. The van der Waals surface area contributed by atoms with Crippen molar-refractivity contribution in [2.45, 2.75) is 25.5 Å². The highest BCUT2D eigenvalue weighted by Crippen LogP contribution is 2.22. The van der Waals surface area contributed by atoms with Crippen molar-refractivity contribution in [2.75, 3.05) is 19.7 Å². The molecule has 1 aromatic carbocycles. The van der Waals surface area contributed by atoms with Gasteiger partial charge < -0.3 is 15.4 Å². The van der Waals surface area contributed by atoms with Crippen molar-refractivity contribution in [1.29, 1.82) is 0 Å². The highest BCUT2D eigenvalue weighted by atomic mass is 35.5. The number of rotatable bonds is 3. The van der Waals surface area contributed by atoms with Gasteiger partial charge in [-0.2, -0.15) is 0 Å². The van der Waals surface area contributed by atoms with Gasteiger partial charge in [-0.05, 0) is 12.0 Å². The maximum absolute atomic E-state index is 12.1. The largest absolute Gasteiger partial charge is 0.370 e. The summed E-state index contributed by atoms with van der Waals surface area (Å²) in [6.45, 7) is 3.73. The molecule has 5 heteroatoms. The van der Waals surface area contributed by atoms with E-state index in [-0.39, 0.29) is 30.5 Å². The number of carbonyl (C=O) groups is 1. The van der Waals surface area contributed by atoms with Gasteiger partial charge in [0.1, 0.15) is 6.10 Å². The lowest BCUT2D eigenvalue weighted by molar-refractivity contribution is -0.140. The third kappa shape index (κ3) is 3.93. The maximum atomic E-state index is 12.1. The van der Waals surface area contributed by atoms with Gasteiger partial charge in [0.15, 0.2) is 0 Å². The molecule has 0 spiro atoms. The van der Waals surface area contributed by atoms with Gasteiger partial charge in [-0.15, -0.1) is 12.4 Å². The Bertz CT molecular complexity index is 400. The minimum atomic E-state index is -0.389. The van der Waals surface area contributed by atoms with Gasteiger partial charge in [0.05, 0.1) is 19.2 Å². The Morgan fingerprint density at radius 2 is 2.16 bits per heavy atom. The summed E-state index contributed by atoms with van der Waals surface area (Å²) in [5, 5.41) is 0. The van der Waals surface area contributed by atoms with Gasteiger partial charge in [0.2, 0.25) is 5.91 Å². The van der Waals surface area contributed by atoms with Crippen LogP contribution in [0, 0.1) is 0 Å². The highest BCUT2D eigenvalue weighted by molar-refractivity contribution is 5.85. The van der Waals surface area contributed by atoms with E-state index in [1.165, 1.54) is 0 Å². The fraction of sp³-hybridized carbons (Fsp3) is 0.500. The normalized spacial score (nSPS) is 20.5. The Kier molecular flexibility index (Phi) is 6.28. The molecule has 2 N–H and O–H groups in total. The van der Waals surface area contributed by atoms with Crippen molar-refractivity contribution in [3.05, 3.63) is 35.9 Å². The van der Waals surface area contributed by atoms with Crippen LogP contribution in [0.1, 0.15) is 25.0 Å². The van der Waals surface area contributed by atoms with E-state index in [1.54, 1.807) is 0 Å². The van der Waals surface area contributed by atoms with E-state index in [0.29, 0.717) is 26.1 Å². The van der Waals surface area contributed by atoms with Crippen molar-refractivity contribution < 1.29 is 9.53 Å². The zero-order valence-corrected chi connectivity index (χ0v) is 11.9. The second kappa shape index (κ2) is 7.48. The predicted octanol–water partition coefficient (Wildman–Crippen LogP) is 1.75. The van der Waals surface area contributed by atoms with E-state index in [1.807, 2.05) is 42.2 Å². The molecular weight excluding hydrogens is 264 g/mol. The topological polar surface area (TPSA) is 55.6 Å². The SMILES string of the molecule is CC[C@H](N)C(=O)N1CCOC(c2ccccc2)C1.Cl. The summed E-state index contributed by atoms with van der Waals surface area (Å²) in [6, 6.07) is 9.60. The van der Waals surface area contributed by atoms with Gasteiger partial charge in [-0.25, -0.2) is 0 Å². The van der Waals surface area contributed by atoms with Gasteiger partial charge in [-0.3, -0.25) is 4.79 Å². The number of benzene rings is 1. The molecule has 1 aliphatic rings. The lowest BCUT2D eigenvalue weighted by atomic mass is 10.1. The van der Waals surface area contributed by atoms with Crippen molar-refractivity contribution in [3.63, 3.8) is 0 Å². The van der Waals surface area contributed by atoms with Gasteiger partial charge >= 0.3 is 0 Å². The molecule has 2 rings (SSSR count). The van der Waals surface area contributed by atoms with Crippen LogP contribution in [-0.4, -0.2) is 36.5 Å². The first-order valence-corrected chi connectivity index (χ1v) is 6.43. The summed E-state index contributed by atoms with van der Waals surface area (Å²) in [4.78, 5) is 13.9. The number of hydrogen-bond donors (Lipinski definition) is 1. The van der Waals surface area contributed by atoms with Crippen molar-refractivity contribution in [1.82, 2.24) is 4.90 Å². The summed E-state index contributed by atoms with van der Waals surface area (Å²) in [7, 11) is 0. The summed E-state index contributed by atoms with van der Waals surface area (Å²) < 4.78 is 5.72. The Morgan fingerprint density at radius 3 is 2.79 bits per heavy atom. The first-order valence-electron chi connectivity index (χ1n) is 6.43. The molecule has 1 fully saturated rings. The van der Waals surface area contributed by atoms with Gasteiger partial charge in [-0.1, -0.05) is 37.3 Å². The number of morpholine rings is 1. The Balaban J connectivity index is 0.00000180. The molecule has 19 heavy (non-hydrogen) atoms. The first-order chi connectivity index (χ1) is 8.72. The maximum Gasteiger partial charge on any atom is 0.239 e. The number of hydrogen-bond acceptors (Lipinski definition) is 3. The summed E-state index contributed by atoms with van der Waals surface area (Å²) in [6.07, 6.45) is 0.639. The Morgan fingerprint density at radius 1 is 1.47 bits per heavy atom. The highest BCUT2D eigenvalue weighted by Gasteiger charge is 2.27. The van der Waals surface area contributed by atoms with E-state index >= 15 is 0 Å². The molecule has 1 saturated heterocycles. The first kappa shape index (κ1) is 16.0. The van der Waals surface area contributed by atoms with Crippen LogP contribution in [0.2, 0.25) is 0 Å². The second-order valence-corrected chi connectivity index (χ2v) is 4.57. The van der Waals surface area contributed by atoms with E-state index in [2.05, 4.69) is 0 Å². The predicted molar refractivity (Wildman–Crippen MR) is 77.2 cm³/mol. The molecule has 1 aromatic rings. The molecule has 1 unspecified atom stereocenters. The smallest absolute Gasteiger partial charge is 0.239 e. The van der Waals surface area contributed by atoms with Crippen LogP contribution < -0.4 is 5.73 Å². The fourth-order valence-electron chi connectivity index (χ4n) is 2.13. The van der Waals surface area contributed by atoms with Crippen LogP contribution in [0.15, 0.2) is 30.3 Å². The van der Waals surface area contributed by atoms with Crippen LogP contribution >= 0.6 is 12.4 Å². The second-order valence-electron chi connectivity index (χ2n) is 4.57. The molecule has 0 aromatic heterocycles. The lowest BCUT2D eigenvalue weighted by Gasteiger charge is -2.34. The number of nitrogens with two attached hydrogens (primary N) is 1. The monoisotopic (exact) mass is 284 g/mol. The number of nitrogens with zero attached hydrogens (tertiary/aromatic N) is 1. The molecule has 0 radical (unpaired) electrons. The van der Waals surface area contributed by atoms with E-state index in [9.17, 15) is 4.79 Å². The van der Waals surface area contributed by atoms with Crippen molar-refractivity contribution in [2.24, 2.45) is 5.73 Å². The zero-order chi connectivity index (χ0) is 13.0. The Hall–Kier alpha value is -1.10. The fourth-order valence-corrected chi connectivity index (χ4v) is 2.13. The lowest BCUT2D eigenvalue weighted by Crippen LogP contribution is -2.49.